The lowest BCUT2D eigenvalue weighted by molar-refractivity contribution is -0.148. The van der Waals surface area contributed by atoms with Crippen LogP contribution in [0.5, 0.6) is 0 Å². The summed E-state index contributed by atoms with van der Waals surface area (Å²) in [5.41, 5.74) is 6.02. The van der Waals surface area contributed by atoms with E-state index in [-0.39, 0.29) is 18.8 Å². The monoisotopic (exact) mass is 293 g/mol. The molecule has 1 saturated heterocycles. The summed E-state index contributed by atoms with van der Waals surface area (Å²) < 4.78 is 5.28. The first-order valence-corrected chi connectivity index (χ1v) is 6.61. The first kappa shape index (κ1) is 15.2. The third-order valence-electron chi connectivity index (χ3n) is 3.85. The topological polar surface area (TPSA) is 115 Å². The zero-order chi connectivity index (χ0) is 15.8. The van der Waals surface area contributed by atoms with Crippen molar-refractivity contribution >= 4 is 17.7 Å². The molecule has 2 rings (SSSR count). The Hall–Kier alpha value is -2.15. The third-order valence-corrected chi connectivity index (χ3v) is 3.85. The maximum Gasteiger partial charge on any atom is 0.313 e. The highest BCUT2D eigenvalue weighted by atomic mass is 16.5. The van der Waals surface area contributed by atoms with Gasteiger partial charge >= 0.3 is 5.97 Å². The number of carbonyl (C=O) groups excluding carboxylic acids is 1. The quantitative estimate of drug-likeness (QED) is 0.752. The van der Waals surface area contributed by atoms with Gasteiger partial charge in [0, 0.05) is 5.69 Å². The lowest BCUT2D eigenvalue weighted by Gasteiger charge is -2.27. The van der Waals surface area contributed by atoms with E-state index < -0.39 is 23.3 Å². The summed E-state index contributed by atoms with van der Waals surface area (Å²) in [6.45, 7) is 5.50. The van der Waals surface area contributed by atoms with Crippen LogP contribution in [0.2, 0.25) is 0 Å². The summed E-state index contributed by atoms with van der Waals surface area (Å²) in [5.74, 6) is -1.25. The van der Waals surface area contributed by atoms with Gasteiger partial charge in [0.05, 0.1) is 24.8 Å². The number of nitrogens with zero attached hydrogens (tertiary/aromatic N) is 1. The molecule has 1 aromatic heterocycles. The van der Waals surface area contributed by atoms with Gasteiger partial charge in [0.15, 0.2) is 0 Å². The Morgan fingerprint density at radius 3 is 2.76 bits per heavy atom. The number of carbonyl (C=O) groups is 2. The number of pyridine rings is 1. The van der Waals surface area contributed by atoms with Gasteiger partial charge in [0.2, 0.25) is 0 Å². The van der Waals surface area contributed by atoms with Crippen molar-refractivity contribution in [2.45, 2.75) is 26.8 Å². The van der Waals surface area contributed by atoms with E-state index in [2.05, 4.69) is 10.3 Å². The number of aromatic nitrogens is 1. The summed E-state index contributed by atoms with van der Waals surface area (Å²) in [6, 6.07) is 1.27. The molecule has 1 aromatic rings. The van der Waals surface area contributed by atoms with Crippen LogP contribution < -0.4 is 11.1 Å². The number of nitrogens with one attached hydrogen (secondary N) is 1. The average Bonchev–Trinajstić information content (AvgIpc) is 2.70. The number of aryl methyl sites for hydroxylation is 2. The summed E-state index contributed by atoms with van der Waals surface area (Å²) >= 11 is 0. The molecule has 0 radical (unpaired) electrons. The second-order valence-corrected chi connectivity index (χ2v) is 5.60. The molecule has 7 heteroatoms. The first-order chi connectivity index (χ1) is 9.75. The van der Waals surface area contributed by atoms with Crippen molar-refractivity contribution in [1.29, 1.82) is 0 Å². The molecule has 0 bridgehead atoms. The van der Waals surface area contributed by atoms with Gasteiger partial charge in [-0.25, -0.2) is 4.98 Å². The highest BCUT2D eigenvalue weighted by molar-refractivity contribution is 5.99. The van der Waals surface area contributed by atoms with Crippen molar-refractivity contribution in [2.24, 2.45) is 11.1 Å². The van der Waals surface area contributed by atoms with Crippen molar-refractivity contribution in [3.8, 4) is 0 Å². The average molecular weight is 293 g/mol. The molecular formula is C14H19N3O4. The van der Waals surface area contributed by atoms with E-state index in [1.807, 2.05) is 0 Å². The number of aliphatic carboxylic acids is 1. The fraction of sp³-hybridized carbons (Fsp3) is 0.500. The van der Waals surface area contributed by atoms with Crippen LogP contribution in [0.1, 0.15) is 28.5 Å². The number of hydrogen-bond acceptors (Lipinski definition) is 5. The number of carboxylic acid groups (broad SMARTS) is 1. The van der Waals surface area contributed by atoms with Gasteiger partial charge in [-0.1, -0.05) is 0 Å². The molecule has 2 atom stereocenters. The van der Waals surface area contributed by atoms with Crippen LogP contribution in [0.4, 0.5) is 5.82 Å². The van der Waals surface area contributed by atoms with Crippen LogP contribution in [0.25, 0.3) is 0 Å². The summed E-state index contributed by atoms with van der Waals surface area (Å²) in [7, 11) is 0. The zero-order valence-electron chi connectivity index (χ0n) is 12.3. The number of rotatable bonds is 4. The van der Waals surface area contributed by atoms with Gasteiger partial charge in [-0.3, -0.25) is 9.59 Å². The lowest BCUT2D eigenvalue weighted by atomic mass is 9.85. The van der Waals surface area contributed by atoms with Crippen LogP contribution in [-0.2, 0) is 9.53 Å². The first-order valence-electron chi connectivity index (χ1n) is 6.61. The number of primary amides is 1. The molecule has 2 unspecified atom stereocenters. The Morgan fingerprint density at radius 1 is 1.52 bits per heavy atom. The number of ether oxygens (including phenoxy) is 1. The molecule has 1 aliphatic heterocycles. The molecule has 1 aliphatic rings. The van der Waals surface area contributed by atoms with E-state index in [1.54, 1.807) is 26.8 Å². The second kappa shape index (κ2) is 5.33. The minimum atomic E-state index is -1.08. The van der Waals surface area contributed by atoms with Gasteiger partial charge in [-0.15, -0.1) is 0 Å². The number of carboxylic acids is 1. The van der Waals surface area contributed by atoms with Crippen LogP contribution >= 0.6 is 0 Å². The van der Waals surface area contributed by atoms with E-state index in [4.69, 9.17) is 10.5 Å². The maximum atomic E-state index is 11.6. The van der Waals surface area contributed by atoms with E-state index in [1.165, 1.54) is 0 Å². The molecule has 21 heavy (non-hydrogen) atoms. The smallest absolute Gasteiger partial charge is 0.313 e. The van der Waals surface area contributed by atoms with Gasteiger partial charge in [0.25, 0.3) is 5.91 Å². The minimum absolute atomic E-state index is 0.108. The number of nitrogens with two attached hydrogens (primary N) is 1. The highest BCUT2D eigenvalue weighted by Crippen LogP contribution is 2.32. The third kappa shape index (κ3) is 2.69. The molecule has 2 heterocycles. The fourth-order valence-electron chi connectivity index (χ4n) is 2.50. The minimum Gasteiger partial charge on any atom is -0.481 e. The predicted octanol–water partition coefficient (Wildman–Crippen LogP) is 0.699. The summed E-state index contributed by atoms with van der Waals surface area (Å²) in [4.78, 5) is 27.3. The number of anilines is 1. The highest BCUT2D eigenvalue weighted by Gasteiger charge is 2.47. The molecule has 1 amide bonds. The zero-order valence-corrected chi connectivity index (χ0v) is 12.3. The SMILES string of the molecule is Cc1cc(C)c(C(N)=O)c(NC2COCC2(C)C(=O)O)n1. The van der Waals surface area contributed by atoms with Crippen LogP contribution in [0.3, 0.4) is 0 Å². The molecule has 1 fully saturated rings. The normalized spacial score (nSPS) is 24.8. The molecular weight excluding hydrogens is 274 g/mol. The Morgan fingerprint density at radius 2 is 2.19 bits per heavy atom. The van der Waals surface area contributed by atoms with Crippen LogP contribution in [0, 0.1) is 19.3 Å². The van der Waals surface area contributed by atoms with Gasteiger partial charge in [-0.2, -0.15) is 0 Å². The van der Waals surface area contributed by atoms with Crippen molar-refractivity contribution in [3.05, 3.63) is 22.9 Å². The number of amides is 1. The molecule has 4 N–H and O–H groups in total. The van der Waals surface area contributed by atoms with Crippen molar-refractivity contribution in [1.82, 2.24) is 4.98 Å². The Labute approximate surface area is 122 Å². The molecule has 0 aliphatic carbocycles. The molecule has 0 spiro atoms. The number of hydrogen-bond donors (Lipinski definition) is 3. The Balaban J connectivity index is 2.40. The molecule has 0 saturated carbocycles. The lowest BCUT2D eigenvalue weighted by Crippen LogP contribution is -2.44. The van der Waals surface area contributed by atoms with Gasteiger partial charge in [-0.05, 0) is 32.4 Å². The Kier molecular flexibility index (Phi) is 3.87. The van der Waals surface area contributed by atoms with Crippen LogP contribution in [0.15, 0.2) is 6.07 Å². The molecule has 0 aromatic carbocycles. The van der Waals surface area contributed by atoms with Gasteiger partial charge < -0.3 is 20.9 Å². The van der Waals surface area contributed by atoms with Crippen molar-refractivity contribution < 1.29 is 19.4 Å². The van der Waals surface area contributed by atoms with E-state index in [0.717, 1.165) is 5.69 Å². The second-order valence-electron chi connectivity index (χ2n) is 5.60. The predicted molar refractivity (Wildman–Crippen MR) is 76.2 cm³/mol. The maximum absolute atomic E-state index is 11.6. The standard InChI is InChI=1S/C14H19N3O4/c1-7-4-8(2)16-12(10(7)11(15)18)17-9-5-21-6-14(9,3)13(19)20/h4,9H,5-6H2,1-3H3,(H2,15,18)(H,16,17)(H,19,20). The molecule has 7 nitrogen and oxygen atoms in total. The summed E-state index contributed by atoms with van der Waals surface area (Å²) in [5, 5.41) is 12.4. The van der Waals surface area contributed by atoms with E-state index in [0.29, 0.717) is 11.4 Å². The Bertz CT molecular complexity index is 602. The summed E-state index contributed by atoms with van der Waals surface area (Å²) in [6.07, 6.45) is 0. The van der Waals surface area contributed by atoms with Crippen molar-refractivity contribution in [3.63, 3.8) is 0 Å². The van der Waals surface area contributed by atoms with Crippen molar-refractivity contribution in [2.75, 3.05) is 18.5 Å². The van der Waals surface area contributed by atoms with E-state index in [9.17, 15) is 14.7 Å². The molecule has 114 valence electrons. The largest absolute Gasteiger partial charge is 0.481 e. The van der Waals surface area contributed by atoms with Crippen LogP contribution in [-0.4, -0.2) is 41.2 Å². The van der Waals surface area contributed by atoms with E-state index >= 15 is 0 Å². The van der Waals surface area contributed by atoms with Gasteiger partial charge in [0.1, 0.15) is 11.2 Å². The fourth-order valence-corrected chi connectivity index (χ4v) is 2.50.